The van der Waals surface area contributed by atoms with E-state index in [9.17, 15) is 79.4 Å². The van der Waals surface area contributed by atoms with Gasteiger partial charge in [-0.1, -0.05) is 6.58 Å². The van der Waals surface area contributed by atoms with Crippen LogP contribution in [0.5, 0.6) is 0 Å². The van der Waals surface area contributed by atoms with Crippen molar-refractivity contribution >= 4 is 5.97 Å². The predicted octanol–water partition coefficient (Wildman–Crippen LogP) is 6.50. The molecule has 0 saturated carbocycles. The Morgan fingerprint density at radius 1 is 0.606 bits per heavy atom. The second kappa shape index (κ2) is 8.06. The highest BCUT2D eigenvalue weighted by atomic mass is 19.4. The minimum Gasteiger partial charge on any atom is -0.453 e. The lowest BCUT2D eigenvalue weighted by atomic mass is 9.88. The first-order valence-corrected chi connectivity index (χ1v) is 7.58. The van der Waals surface area contributed by atoms with Crippen LogP contribution in [0.4, 0.5) is 74.6 Å². The molecular formula is C14H9F17O2. The van der Waals surface area contributed by atoms with Crippen molar-refractivity contribution in [2.45, 2.75) is 67.6 Å². The first-order valence-electron chi connectivity index (χ1n) is 7.58. The second-order valence-corrected chi connectivity index (χ2v) is 6.39. The van der Waals surface area contributed by atoms with E-state index in [2.05, 4.69) is 11.3 Å². The molecule has 0 aromatic carbocycles. The van der Waals surface area contributed by atoms with Crippen molar-refractivity contribution in [3.05, 3.63) is 12.2 Å². The van der Waals surface area contributed by atoms with Gasteiger partial charge in [-0.2, -0.15) is 74.6 Å². The van der Waals surface area contributed by atoms with E-state index in [1.165, 1.54) is 0 Å². The van der Waals surface area contributed by atoms with Gasteiger partial charge in [0.25, 0.3) is 0 Å². The van der Waals surface area contributed by atoms with E-state index in [4.69, 9.17) is 0 Å². The summed E-state index contributed by atoms with van der Waals surface area (Å²) in [5, 5.41) is 0. The highest BCUT2D eigenvalue weighted by Gasteiger charge is 2.95. The quantitative estimate of drug-likeness (QED) is 0.193. The molecule has 33 heavy (non-hydrogen) atoms. The normalized spacial score (nSPS) is 16.5. The maximum absolute atomic E-state index is 13.7. The molecule has 1 unspecified atom stereocenters. The molecule has 2 nitrogen and oxygen atoms in total. The zero-order chi connectivity index (χ0) is 27.4. The number of carbonyl (C=O) groups excluding carboxylic acids is 1. The molecule has 0 radical (unpaired) electrons. The third-order valence-corrected chi connectivity index (χ3v) is 3.89. The Morgan fingerprint density at radius 3 is 1.15 bits per heavy atom. The van der Waals surface area contributed by atoms with Crippen LogP contribution in [0, 0.1) is 0 Å². The molecule has 0 N–H and O–H groups in total. The number of esters is 1. The number of hydrogen-bond donors (Lipinski definition) is 0. The van der Waals surface area contributed by atoms with Crippen molar-refractivity contribution in [3.8, 4) is 0 Å². The smallest absolute Gasteiger partial charge is 0.453 e. The Morgan fingerprint density at radius 2 is 0.879 bits per heavy atom. The van der Waals surface area contributed by atoms with Gasteiger partial charge < -0.3 is 4.74 Å². The zero-order valence-corrected chi connectivity index (χ0v) is 15.5. The molecule has 0 amide bonds. The maximum Gasteiger partial charge on any atom is 0.460 e. The summed E-state index contributed by atoms with van der Waals surface area (Å²) in [6.45, 7) is 3.00. The fourth-order valence-corrected chi connectivity index (χ4v) is 1.77. The van der Waals surface area contributed by atoms with Crippen LogP contribution in [0.3, 0.4) is 0 Å². The monoisotopic (exact) mass is 532 g/mol. The van der Waals surface area contributed by atoms with Gasteiger partial charge in [0.1, 0.15) is 0 Å². The van der Waals surface area contributed by atoms with Crippen molar-refractivity contribution < 1.29 is 84.2 Å². The molecule has 19 heteroatoms. The topological polar surface area (TPSA) is 26.3 Å². The van der Waals surface area contributed by atoms with E-state index in [-0.39, 0.29) is 6.92 Å². The van der Waals surface area contributed by atoms with E-state index < -0.39 is 65.3 Å². The van der Waals surface area contributed by atoms with Crippen LogP contribution in [0.1, 0.15) is 13.8 Å². The minimum absolute atomic E-state index is 0.381. The van der Waals surface area contributed by atoms with E-state index >= 15 is 0 Å². The molecule has 0 spiro atoms. The summed E-state index contributed by atoms with van der Waals surface area (Å²) >= 11 is 0. The molecule has 0 aromatic heterocycles. The summed E-state index contributed by atoms with van der Waals surface area (Å²) in [4.78, 5) is 11.0. The van der Waals surface area contributed by atoms with Gasteiger partial charge in [0.2, 0.25) is 0 Å². The fourth-order valence-electron chi connectivity index (χ4n) is 1.77. The first kappa shape index (κ1) is 31.0. The van der Waals surface area contributed by atoms with Crippen molar-refractivity contribution in [3.63, 3.8) is 0 Å². The molecule has 196 valence electrons. The van der Waals surface area contributed by atoms with Gasteiger partial charge in [-0.15, -0.1) is 0 Å². The van der Waals surface area contributed by atoms with E-state index in [1.807, 2.05) is 0 Å². The second-order valence-electron chi connectivity index (χ2n) is 6.39. The van der Waals surface area contributed by atoms with Crippen LogP contribution in [-0.4, -0.2) is 59.7 Å². The summed E-state index contributed by atoms with van der Waals surface area (Å²) in [7, 11) is 0. The lowest BCUT2D eigenvalue weighted by molar-refractivity contribution is -0.463. The fraction of sp³-hybridized carbons (Fsp3) is 0.786. The van der Waals surface area contributed by atoms with Crippen LogP contribution in [-0.2, 0) is 9.53 Å². The molecule has 0 rings (SSSR count). The molecular weight excluding hydrogens is 523 g/mol. The van der Waals surface area contributed by atoms with Gasteiger partial charge >= 0.3 is 53.6 Å². The summed E-state index contributed by atoms with van der Waals surface area (Å²) in [5.41, 5.74) is -0.876. The lowest BCUT2D eigenvalue weighted by Gasteiger charge is -2.43. The lowest BCUT2D eigenvalue weighted by Crippen LogP contribution is -2.75. The van der Waals surface area contributed by atoms with Crippen molar-refractivity contribution in [1.82, 2.24) is 0 Å². The number of hydrogen-bond acceptors (Lipinski definition) is 2. The number of alkyl halides is 17. The van der Waals surface area contributed by atoms with Gasteiger partial charge in [0, 0.05) is 5.57 Å². The molecule has 0 aliphatic heterocycles. The van der Waals surface area contributed by atoms with E-state index in [0.29, 0.717) is 6.92 Å². The summed E-state index contributed by atoms with van der Waals surface area (Å²) in [5.74, 6) is -59.4. The molecule has 0 heterocycles. The Hall–Kier alpha value is -1.98. The molecule has 1 atom stereocenters. The largest absolute Gasteiger partial charge is 0.460 e. The molecule has 0 aliphatic rings. The van der Waals surface area contributed by atoms with Gasteiger partial charge in [-0.05, 0) is 13.8 Å². The van der Waals surface area contributed by atoms with E-state index in [0.717, 1.165) is 0 Å². The van der Waals surface area contributed by atoms with Gasteiger partial charge in [0.05, 0.1) is 0 Å². The molecule has 0 bridgehead atoms. The van der Waals surface area contributed by atoms with E-state index in [1.54, 1.807) is 0 Å². The number of carbonyl (C=O) groups is 1. The SMILES string of the molecule is C=C(C)C(=O)OC(C)C(F)(F)C(F)(F)C(F)(F)C(F)(F)C(F)(F)C(F)(F)C(F)(F)C(F)(F)F. The van der Waals surface area contributed by atoms with Crippen molar-refractivity contribution in [2.24, 2.45) is 0 Å². The Labute approximate surface area is 171 Å². The van der Waals surface area contributed by atoms with Gasteiger partial charge in [0.15, 0.2) is 6.10 Å². The summed E-state index contributed by atoms with van der Waals surface area (Å²) in [6, 6.07) is 0. The van der Waals surface area contributed by atoms with Crippen molar-refractivity contribution in [2.75, 3.05) is 0 Å². The molecule has 0 fully saturated rings. The number of ether oxygens (including phenoxy) is 1. The highest BCUT2D eigenvalue weighted by molar-refractivity contribution is 5.87. The van der Waals surface area contributed by atoms with Crippen LogP contribution in [0.25, 0.3) is 0 Å². The summed E-state index contributed by atoms with van der Waals surface area (Å²) in [6.07, 6.45) is -11.7. The average molecular weight is 532 g/mol. The minimum atomic E-state index is -8.71. The maximum atomic E-state index is 13.7. The van der Waals surface area contributed by atoms with Gasteiger partial charge in [-0.25, -0.2) is 4.79 Å². The number of rotatable bonds is 9. The molecule has 0 aliphatic carbocycles. The standard InChI is InChI=1S/C14H9F17O2/c1-4(2)6(32)33-5(3)7(15,16)8(17,18)9(19,20)10(21,22)11(23,24)12(25,26)13(27,28)14(29,30)31/h5H,1H2,2-3H3. The third kappa shape index (κ3) is 4.19. The Bertz CT molecular complexity index is 764. The summed E-state index contributed by atoms with van der Waals surface area (Å²) < 4.78 is 226. The Balaban J connectivity index is 6.70. The zero-order valence-electron chi connectivity index (χ0n) is 15.5. The number of halogens is 17. The molecule has 0 aromatic rings. The van der Waals surface area contributed by atoms with Crippen LogP contribution in [0.2, 0.25) is 0 Å². The van der Waals surface area contributed by atoms with Gasteiger partial charge in [-0.3, -0.25) is 0 Å². The first-order chi connectivity index (χ1) is 14.0. The predicted molar refractivity (Wildman–Crippen MR) is 71.1 cm³/mol. The third-order valence-electron chi connectivity index (χ3n) is 3.89. The Kier molecular flexibility index (Phi) is 7.57. The van der Waals surface area contributed by atoms with Crippen molar-refractivity contribution in [1.29, 1.82) is 0 Å². The average Bonchev–Trinajstić information content (AvgIpc) is 2.59. The van der Waals surface area contributed by atoms with Crippen LogP contribution in [0.15, 0.2) is 12.2 Å². The van der Waals surface area contributed by atoms with Crippen LogP contribution < -0.4 is 0 Å². The van der Waals surface area contributed by atoms with Crippen LogP contribution >= 0.6 is 0 Å². The molecule has 0 saturated heterocycles. The highest BCUT2D eigenvalue weighted by Crippen LogP contribution is 2.64.